The lowest BCUT2D eigenvalue weighted by Gasteiger charge is -2.52. The Labute approximate surface area is 220 Å². The van der Waals surface area contributed by atoms with Crippen molar-refractivity contribution >= 4 is 5.91 Å². The van der Waals surface area contributed by atoms with Crippen LogP contribution in [-0.4, -0.2) is 73.7 Å². The second-order valence-electron chi connectivity index (χ2n) is 11.2. The van der Waals surface area contributed by atoms with Crippen LogP contribution in [0.2, 0.25) is 0 Å². The molecule has 2 saturated heterocycles. The molecule has 1 atom stereocenters. The maximum absolute atomic E-state index is 12.8. The highest BCUT2D eigenvalue weighted by Gasteiger charge is 2.46. The Morgan fingerprint density at radius 3 is 2.14 bits per heavy atom. The normalized spacial score (nSPS) is 22.4. The lowest BCUT2D eigenvalue weighted by molar-refractivity contribution is -0.155. The summed E-state index contributed by atoms with van der Waals surface area (Å²) >= 11 is 0. The molecule has 0 bridgehead atoms. The molecule has 5 rings (SSSR count). The molecular formula is C30H39N5O2. The van der Waals surface area contributed by atoms with E-state index >= 15 is 0 Å². The van der Waals surface area contributed by atoms with Gasteiger partial charge in [0.25, 0.3) is 0 Å². The number of amides is 1. The zero-order chi connectivity index (χ0) is 25.9. The summed E-state index contributed by atoms with van der Waals surface area (Å²) in [6, 6.07) is 18.8. The number of nitrogens with two attached hydrogens (primary N) is 1. The van der Waals surface area contributed by atoms with E-state index in [1.807, 2.05) is 12.1 Å². The molecule has 1 saturated carbocycles. The Morgan fingerprint density at radius 2 is 1.59 bits per heavy atom. The van der Waals surface area contributed by atoms with Gasteiger partial charge in [0.15, 0.2) is 0 Å². The number of likely N-dealkylation sites (N-methyl/N-ethyl adjacent to an activating group) is 1. The van der Waals surface area contributed by atoms with Crippen molar-refractivity contribution in [2.24, 2.45) is 5.73 Å². The monoisotopic (exact) mass is 501 g/mol. The van der Waals surface area contributed by atoms with E-state index in [0.717, 1.165) is 75.3 Å². The molecule has 2 heterocycles. The van der Waals surface area contributed by atoms with Gasteiger partial charge in [-0.1, -0.05) is 67.8 Å². The number of nitrogens with zero attached hydrogens (tertiary/aromatic N) is 3. The van der Waals surface area contributed by atoms with Crippen LogP contribution in [0.25, 0.3) is 11.1 Å². The first kappa shape index (κ1) is 25.9. The van der Waals surface area contributed by atoms with E-state index in [0.29, 0.717) is 19.3 Å². The number of benzene rings is 2. The van der Waals surface area contributed by atoms with Crippen molar-refractivity contribution in [2.45, 2.75) is 55.6 Å². The molecule has 7 nitrogen and oxygen atoms in total. The quantitative estimate of drug-likeness (QED) is 0.606. The predicted octanol–water partition coefficient (Wildman–Crippen LogP) is 3.04. The Hall–Kier alpha value is -2.76. The molecule has 3 fully saturated rings. The van der Waals surface area contributed by atoms with Crippen LogP contribution >= 0.6 is 0 Å². The molecule has 1 amide bonds. The Balaban J connectivity index is 1.22. The lowest BCUT2D eigenvalue weighted by Crippen LogP contribution is -2.63. The highest BCUT2D eigenvalue weighted by molar-refractivity contribution is 5.86. The molecule has 1 aliphatic carbocycles. The summed E-state index contributed by atoms with van der Waals surface area (Å²) < 4.78 is 5.69. The van der Waals surface area contributed by atoms with Gasteiger partial charge in [0.1, 0.15) is 6.04 Å². The minimum Gasteiger partial charge on any atom is -0.377 e. The topological polar surface area (TPSA) is 94.6 Å². The van der Waals surface area contributed by atoms with Crippen molar-refractivity contribution in [3.63, 3.8) is 0 Å². The first-order valence-corrected chi connectivity index (χ1v) is 13.6. The smallest absolute Gasteiger partial charge is 0.241 e. The number of nitrogens with one attached hydrogen (secondary N) is 1. The number of rotatable bonds is 7. The number of nitriles is 1. The van der Waals surface area contributed by atoms with Gasteiger partial charge in [-0.3, -0.25) is 9.69 Å². The summed E-state index contributed by atoms with van der Waals surface area (Å²) in [5, 5.41) is 12.5. The summed E-state index contributed by atoms with van der Waals surface area (Å²) in [4.78, 5) is 17.7. The van der Waals surface area contributed by atoms with Crippen molar-refractivity contribution in [3.8, 4) is 17.2 Å². The van der Waals surface area contributed by atoms with Crippen molar-refractivity contribution in [3.05, 3.63) is 59.7 Å². The third-order valence-corrected chi connectivity index (χ3v) is 8.60. The zero-order valence-corrected chi connectivity index (χ0v) is 21.9. The van der Waals surface area contributed by atoms with Gasteiger partial charge < -0.3 is 20.7 Å². The van der Waals surface area contributed by atoms with E-state index in [2.05, 4.69) is 64.6 Å². The second kappa shape index (κ2) is 10.9. The minimum atomic E-state index is -0.835. The number of ether oxygens (including phenoxy) is 1. The first-order valence-electron chi connectivity index (χ1n) is 13.6. The molecule has 7 heteroatoms. The van der Waals surface area contributed by atoms with E-state index < -0.39 is 11.6 Å². The van der Waals surface area contributed by atoms with Crippen LogP contribution in [-0.2, 0) is 21.5 Å². The fourth-order valence-corrected chi connectivity index (χ4v) is 5.94. The summed E-state index contributed by atoms with van der Waals surface area (Å²) in [6.45, 7) is 5.84. The highest BCUT2D eigenvalue weighted by atomic mass is 16.5. The molecular weight excluding hydrogens is 462 g/mol. The number of hydrogen-bond donors (Lipinski definition) is 2. The number of carbonyl (C=O) groups is 1. The molecule has 2 aromatic carbocycles. The van der Waals surface area contributed by atoms with E-state index in [9.17, 15) is 10.1 Å². The molecule has 2 aromatic rings. The van der Waals surface area contributed by atoms with Gasteiger partial charge in [0.05, 0.1) is 30.4 Å². The Kier molecular flexibility index (Phi) is 7.64. The van der Waals surface area contributed by atoms with E-state index in [1.54, 1.807) is 0 Å². The average Bonchev–Trinajstić information content (AvgIpc) is 2.90. The summed E-state index contributed by atoms with van der Waals surface area (Å²) in [5.41, 5.74) is 10.2. The second-order valence-corrected chi connectivity index (χ2v) is 11.2. The van der Waals surface area contributed by atoms with Gasteiger partial charge in [-0.05, 0) is 42.1 Å². The summed E-state index contributed by atoms with van der Waals surface area (Å²) in [7, 11) is 2.19. The van der Waals surface area contributed by atoms with Crippen molar-refractivity contribution in [2.75, 3.05) is 46.4 Å². The maximum Gasteiger partial charge on any atom is 0.241 e. The van der Waals surface area contributed by atoms with E-state index in [-0.39, 0.29) is 11.4 Å². The van der Waals surface area contributed by atoms with Crippen LogP contribution in [0.1, 0.15) is 43.2 Å². The highest BCUT2D eigenvalue weighted by Crippen LogP contribution is 2.37. The van der Waals surface area contributed by atoms with Crippen LogP contribution in [0.15, 0.2) is 48.5 Å². The van der Waals surface area contributed by atoms with Gasteiger partial charge in [0, 0.05) is 32.6 Å². The number of piperazine rings is 1. The van der Waals surface area contributed by atoms with Crippen molar-refractivity contribution in [1.82, 2.24) is 15.1 Å². The molecule has 196 valence electrons. The van der Waals surface area contributed by atoms with Gasteiger partial charge in [-0.2, -0.15) is 5.26 Å². The van der Waals surface area contributed by atoms with E-state index in [4.69, 9.17) is 10.5 Å². The predicted molar refractivity (Wildman–Crippen MR) is 145 cm³/mol. The third kappa shape index (κ3) is 5.44. The number of carbonyl (C=O) groups excluding carboxylic acids is 1. The fraction of sp³-hybridized carbons (Fsp3) is 0.533. The SMILES string of the molecule is CN1CCN(C2(c3ccc(-c4ccc(CC(C#N)NC(=O)C5(N)CCCCC5)cc4)cc3)COC2)CC1. The van der Waals surface area contributed by atoms with Gasteiger partial charge in [-0.15, -0.1) is 0 Å². The largest absolute Gasteiger partial charge is 0.377 e. The van der Waals surface area contributed by atoms with Crippen LogP contribution < -0.4 is 11.1 Å². The molecule has 0 spiro atoms. The first-order chi connectivity index (χ1) is 17.9. The van der Waals surface area contributed by atoms with Gasteiger partial charge >= 0.3 is 0 Å². The average molecular weight is 502 g/mol. The molecule has 37 heavy (non-hydrogen) atoms. The maximum atomic E-state index is 12.8. The van der Waals surface area contributed by atoms with E-state index in [1.165, 1.54) is 5.56 Å². The lowest BCUT2D eigenvalue weighted by atomic mass is 9.81. The fourth-order valence-electron chi connectivity index (χ4n) is 5.94. The van der Waals surface area contributed by atoms with Crippen LogP contribution in [0, 0.1) is 11.3 Å². The minimum absolute atomic E-state index is 0.000122. The number of hydrogen-bond acceptors (Lipinski definition) is 6. The summed E-state index contributed by atoms with van der Waals surface area (Å²) in [6.07, 6.45) is 4.89. The van der Waals surface area contributed by atoms with Gasteiger partial charge in [-0.25, -0.2) is 0 Å². The standard InChI is InChI=1S/C30H39N5O2/c1-34-15-17-35(18-16-34)30(21-37-22-30)26-11-9-25(10-12-26)24-7-5-23(6-8-24)19-27(20-31)33-28(36)29(32)13-3-2-4-14-29/h5-12,27H,2-4,13-19,21-22,32H2,1H3,(H,33,36). The Bertz CT molecular complexity index is 1110. The molecule has 0 aromatic heterocycles. The third-order valence-electron chi connectivity index (χ3n) is 8.60. The molecule has 3 aliphatic rings. The molecule has 0 radical (unpaired) electrons. The molecule has 2 aliphatic heterocycles. The zero-order valence-electron chi connectivity index (χ0n) is 21.9. The van der Waals surface area contributed by atoms with Crippen LogP contribution in [0.3, 0.4) is 0 Å². The Morgan fingerprint density at radius 1 is 1.00 bits per heavy atom. The van der Waals surface area contributed by atoms with Crippen LogP contribution in [0.5, 0.6) is 0 Å². The van der Waals surface area contributed by atoms with Crippen LogP contribution in [0.4, 0.5) is 0 Å². The van der Waals surface area contributed by atoms with Gasteiger partial charge in [0.2, 0.25) is 5.91 Å². The van der Waals surface area contributed by atoms with Crippen molar-refractivity contribution < 1.29 is 9.53 Å². The summed E-state index contributed by atoms with van der Waals surface area (Å²) in [5.74, 6) is -0.193. The molecule has 1 unspecified atom stereocenters. The molecule has 3 N–H and O–H groups in total. The van der Waals surface area contributed by atoms with Crippen molar-refractivity contribution in [1.29, 1.82) is 5.26 Å².